The Morgan fingerprint density at radius 2 is 1.81 bits per heavy atom. The summed E-state index contributed by atoms with van der Waals surface area (Å²) < 4.78 is 36.4. The maximum atomic E-state index is 13.0. The summed E-state index contributed by atoms with van der Waals surface area (Å²) in [4.78, 5) is 47.9. The van der Waals surface area contributed by atoms with Gasteiger partial charge in [0.05, 0.1) is 37.2 Å². The van der Waals surface area contributed by atoms with Crippen molar-refractivity contribution in [3.8, 4) is 0 Å². The van der Waals surface area contributed by atoms with Crippen LogP contribution in [0.4, 0.5) is 0 Å². The van der Waals surface area contributed by atoms with Gasteiger partial charge in [0.25, 0.3) is 5.89 Å². The molecule has 11 nitrogen and oxygen atoms in total. The Bertz CT molecular complexity index is 1300. The number of benzene rings is 1. The van der Waals surface area contributed by atoms with Gasteiger partial charge in [-0.15, -0.1) is 0 Å². The van der Waals surface area contributed by atoms with Gasteiger partial charge in [0.15, 0.2) is 21.1 Å². The molecule has 3 heterocycles. The molecular formula is C24H26N4O7S. The first-order chi connectivity index (χ1) is 17.3. The van der Waals surface area contributed by atoms with Crippen molar-refractivity contribution in [2.45, 2.75) is 12.2 Å². The Hall–Kier alpha value is -3.64. The van der Waals surface area contributed by atoms with Gasteiger partial charge in [0, 0.05) is 25.7 Å². The number of morpholine rings is 1. The smallest absolute Gasteiger partial charge is 0.267 e. The lowest BCUT2D eigenvalue weighted by Gasteiger charge is -2.28. The van der Waals surface area contributed by atoms with E-state index in [1.807, 2.05) is 0 Å². The normalized spacial score (nSPS) is 14.9. The summed E-state index contributed by atoms with van der Waals surface area (Å²) in [5, 5.41) is 2.45. The fraction of sp³-hybridized carbons (Fsp3) is 0.375. The number of fused-ring (bicyclic) bond motifs is 1. The first-order valence-electron chi connectivity index (χ1n) is 11.4. The molecular weight excluding hydrogens is 488 g/mol. The highest BCUT2D eigenvalue weighted by Crippen LogP contribution is 2.16. The molecule has 1 unspecified atom stereocenters. The van der Waals surface area contributed by atoms with Crippen LogP contribution in [0.1, 0.15) is 22.7 Å². The zero-order chi connectivity index (χ0) is 25.5. The van der Waals surface area contributed by atoms with Crippen molar-refractivity contribution in [3.63, 3.8) is 0 Å². The largest absolute Gasteiger partial charge is 0.432 e. The van der Waals surface area contributed by atoms with E-state index in [2.05, 4.69) is 15.3 Å². The second-order valence-corrected chi connectivity index (χ2v) is 10.5. The van der Waals surface area contributed by atoms with E-state index in [4.69, 9.17) is 9.15 Å². The number of hydrogen-bond acceptors (Lipinski definition) is 9. The minimum absolute atomic E-state index is 0.221. The van der Waals surface area contributed by atoms with Crippen LogP contribution in [0.5, 0.6) is 0 Å². The molecule has 1 atom stereocenters. The fourth-order valence-corrected chi connectivity index (χ4v) is 5.55. The van der Waals surface area contributed by atoms with Crippen molar-refractivity contribution < 1.29 is 32.0 Å². The molecule has 1 aliphatic rings. The summed E-state index contributed by atoms with van der Waals surface area (Å²) in [6, 6.07) is 11.8. The van der Waals surface area contributed by atoms with E-state index in [1.54, 1.807) is 47.4 Å². The van der Waals surface area contributed by atoms with Gasteiger partial charge < -0.3 is 19.4 Å². The third-order valence-corrected chi connectivity index (χ3v) is 7.35. The van der Waals surface area contributed by atoms with Crippen LogP contribution in [0.3, 0.4) is 0 Å². The van der Waals surface area contributed by atoms with Gasteiger partial charge in [-0.1, -0.05) is 30.3 Å². The molecule has 2 amide bonds. The maximum absolute atomic E-state index is 13.0. The molecule has 0 bridgehead atoms. The first-order valence-corrected chi connectivity index (χ1v) is 13.3. The van der Waals surface area contributed by atoms with Crippen molar-refractivity contribution in [2.24, 2.45) is 5.92 Å². The zero-order valence-corrected chi connectivity index (χ0v) is 20.3. The highest BCUT2D eigenvalue weighted by molar-refractivity contribution is 7.90. The van der Waals surface area contributed by atoms with Crippen LogP contribution >= 0.6 is 0 Å². The number of carbonyl (C=O) groups is 3. The zero-order valence-electron chi connectivity index (χ0n) is 19.5. The molecule has 2 aromatic heterocycles. The Labute approximate surface area is 207 Å². The molecule has 1 fully saturated rings. The van der Waals surface area contributed by atoms with E-state index in [-0.39, 0.29) is 29.6 Å². The molecule has 1 saturated heterocycles. The van der Waals surface area contributed by atoms with Crippen LogP contribution in [-0.4, -0.2) is 79.5 Å². The van der Waals surface area contributed by atoms with E-state index in [9.17, 15) is 22.8 Å². The van der Waals surface area contributed by atoms with Gasteiger partial charge in [0.2, 0.25) is 17.6 Å². The topological polar surface area (TPSA) is 149 Å². The number of ketones is 1. The molecule has 1 aliphatic heterocycles. The molecule has 0 spiro atoms. The number of sulfone groups is 1. The van der Waals surface area contributed by atoms with Gasteiger partial charge in [-0.2, -0.15) is 4.98 Å². The number of carbonyl (C=O) groups excluding carboxylic acids is 3. The predicted molar refractivity (Wildman–Crippen MR) is 129 cm³/mol. The predicted octanol–water partition coefficient (Wildman–Crippen LogP) is 1.00. The van der Waals surface area contributed by atoms with Gasteiger partial charge in [0.1, 0.15) is 0 Å². The minimum atomic E-state index is -3.74. The average molecular weight is 515 g/mol. The number of hydrogen-bond donors (Lipinski definition) is 1. The van der Waals surface area contributed by atoms with Crippen LogP contribution in [0.25, 0.3) is 11.2 Å². The Morgan fingerprint density at radius 3 is 2.53 bits per heavy atom. The lowest BCUT2D eigenvalue weighted by molar-refractivity contribution is -0.138. The number of ether oxygens (including phenoxy) is 1. The number of amides is 2. The number of Topliss-reactive ketones (excluding diaryl/α,β-unsaturated/α-hetero) is 1. The molecule has 12 heteroatoms. The SMILES string of the molecule is O=C(CNC(=O)C(CC(=O)N1CCOCC1)CS(=O)(=O)Cc1ccccc1)c1nc2ncccc2o1. The van der Waals surface area contributed by atoms with Gasteiger partial charge >= 0.3 is 0 Å². The van der Waals surface area contributed by atoms with Crippen LogP contribution in [-0.2, 0) is 29.9 Å². The fourth-order valence-electron chi connectivity index (χ4n) is 3.85. The number of nitrogens with one attached hydrogen (secondary N) is 1. The summed E-state index contributed by atoms with van der Waals surface area (Å²) in [6.45, 7) is 1.03. The Morgan fingerprint density at radius 1 is 1.06 bits per heavy atom. The lowest BCUT2D eigenvalue weighted by atomic mass is 10.1. The quantitative estimate of drug-likeness (QED) is 0.391. The monoisotopic (exact) mass is 514 g/mol. The Kier molecular flexibility index (Phi) is 8.06. The van der Waals surface area contributed by atoms with Gasteiger partial charge in [-0.25, -0.2) is 13.4 Å². The molecule has 0 aliphatic carbocycles. The molecule has 190 valence electrons. The van der Waals surface area contributed by atoms with Gasteiger partial charge in [-0.05, 0) is 17.7 Å². The highest BCUT2D eigenvalue weighted by atomic mass is 32.2. The second kappa shape index (κ2) is 11.4. The Balaban J connectivity index is 1.44. The number of rotatable bonds is 10. The first kappa shape index (κ1) is 25.5. The minimum Gasteiger partial charge on any atom is -0.432 e. The third kappa shape index (κ3) is 6.73. The van der Waals surface area contributed by atoms with E-state index in [1.165, 1.54) is 6.20 Å². The summed E-state index contributed by atoms with van der Waals surface area (Å²) in [5.41, 5.74) is 1.16. The number of oxazole rings is 1. The summed E-state index contributed by atoms with van der Waals surface area (Å²) in [6.07, 6.45) is 1.20. The van der Waals surface area contributed by atoms with Crippen LogP contribution in [0, 0.1) is 5.92 Å². The van der Waals surface area contributed by atoms with Crippen molar-refractivity contribution in [3.05, 3.63) is 60.1 Å². The number of nitrogens with zero attached hydrogens (tertiary/aromatic N) is 3. The van der Waals surface area contributed by atoms with Crippen LogP contribution in [0.2, 0.25) is 0 Å². The van der Waals surface area contributed by atoms with Crippen LogP contribution in [0.15, 0.2) is 53.1 Å². The molecule has 0 saturated carbocycles. The van der Waals surface area contributed by atoms with Crippen molar-refractivity contribution in [1.29, 1.82) is 0 Å². The van der Waals surface area contributed by atoms with Crippen LogP contribution < -0.4 is 5.32 Å². The average Bonchev–Trinajstić information content (AvgIpc) is 3.32. The molecule has 1 N–H and O–H groups in total. The maximum Gasteiger partial charge on any atom is 0.267 e. The second-order valence-electron chi connectivity index (χ2n) is 8.42. The standard InChI is InChI=1S/C24H26N4O7S/c29-19(24-27-22-20(35-24)7-4-8-25-22)14-26-23(31)18(13-21(30)28-9-11-34-12-10-28)16-36(32,33)15-17-5-2-1-3-6-17/h1-8,18H,9-16H2,(H,26,31). The van der Waals surface area contributed by atoms with E-state index in [0.717, 1.165) is 0 Å². The molecule has 1 aromatic carbocycles. The molecule has 4 rings (SSSR count). The van der Waals surface area contributed by atoms with Gasteiger partial charge in [-0.3, -0.25) is 14.4 Å². The molecule has 3 aromatic rings. The lowest BCUT2D eigenvalue weighted by Crippen LogP contribution is -2.44. The van der Waals surface area contributed by atoms with Crippen molar-refractivity contribution in [2.75, 3.05) is 38.6 Å². The number of aromatic nitrogens is 2. The molecule has 0 radical (unpaired) electrons. The summed E-state index contributed by atoms with van der Waals surface area (Å²) in [7, 11) is -3.74. The van der Waals surface area contributed by atoms with Crippen molar-refractivity contribution in [1.82, 2.24) is 20.2 Å². The highest BCUT2D eigenvalue weighted by Gasteiger charge is 2.31. The summed E-state index contributed by atoms with van der Waals surface area (Å²) >= 11 is 0. The van der Waals surface area contributed by atoms with E-state index >= 15 is 0 Å². The number of pyridine rings is 1. The summed E-state index contributed by atoms with van der Waals surface area (Å²) in [5.74, 6) is -3.86. The van der Waals surface area contributed by atoms with E-state index in [0.29, 0.717) is 37.4 Å². The molecule has 36 heavy (non-hydrogen) atoms. The third-order valence-electron chi connectivity index (χ3n) is 5.67. The van der Waals surface area contributed by atoms with E-state index < -0.39 is 39.7 Å². The van der Waals surface area contributed by atoms with Crippen molar-refractivity contribution >= 4 is 38.7 Å².